The molecule has 5 nitrogen and oxygen atoms in total. The number of unbranched alkanes of at least 4 members (excludes halogenated alkanes) is 1. The van der Waals surface area contributed by atoms with Crippen LogP contribution in [0.4, 0.5) is 0 Å². The Morgan fingerprint density at radius 2 is 2.22 bits per heavy atom. The van der Waals surface area contributed by atoms with Crippen LogP contribution in [0.15, 0.2) is 27.3 Å². The van der Waals surface area contributed by atoms with E-state index in [1.807, 2.05) is 12.1 Å². The van der Waals surface area contributed by atoms with Gasteiger partial charge in [0, 0.05) is 0 Å². The molecule has 2 rings (SSSR count). The predicted molar refractivity (Wildman–Crippen MR) is 67.9 cm³/mol. The largest absolute Gasteiger partial charge is 0.461 e. The zero-order valence-electron chi connectivity index (χ0n) is 10.9. The van der Waals surface area contributed by atoms with Crippen LogP contribution in [0.1, 0.15) is 32.6 Å². The Morgan fingerprint density at radius 3 is 2.89 bits per heavy atom. The molecule has 5 heteroatoms. The van der Waals surface area contributed by atoms with Crippen LogP contribution in [0.25, 0.3) is 11.6 Å². The Labute approximate surface area is 107 Å². The normalized spacial score (nSPS) is 11.3. The molecule has 0 aromatic carbocycles. The Balaban J connectivity index is 1.97. The highest BCUT2D eigenvalue weighted by molar-refractivity contribution is 5.44. The number of hydrogen-bond acceptors (Lipinski definition) is 5. The van der Waals surface area contributed by atoms with Crippen molar-refractivity contribution in [3.8, 4) is 11.6 Å². The summed E-state index contributed by atoms with van der Waals surface area (Å²) in [6.07, 6.45) is 3.98. The van der Waals surface area contributed by atoms with Crippen molar-refractivity contribution < 1.29 is 8.94 Å². The van der Waals surface area contributed by atoms with E-state index in [9.17, 15) is 0 Å². The van der Waals surface area contributed by atoms with E-state index >= 15 is 0 Å². The Hall–Kier alpha value is -1.62. The minimum absolute atomic E-state index is 0.515. The number of hydrogen-bond donors (Lipinski definition) is 0. The van der Waals surface area contributed by atoms with Crippen LogP contribution >= 0.6 is 0 Å². The maximum atomic E-state index is 5.24. The second-order valence-corrected chi connectivity index (χ2v) is 4.21. The summed E-state index contributed by atoms with van der Waals surface area (Å²) in [6, 6.07) is 3.63. The molecule has 0 N–H and O–H groups in total. The zero-order chi connectivity index (χ0) is 12.8. The lowest BCUT2D eigenvalue weighted by atomic mass is 10.3. The third-order valence-corrected chi connectivity index (χ3v) is 2.84. The van der Waals surface area contributed by atoms with Crippen LogP contribution < -0.4 is 0 Å². The lowest BCUT2D eigenvalue weighted by Gasteiger charge is -2.17. The number of furan rings is 1. The molecule has 0 aliphatic heterocycles. The molecule has 2 aromatic heterocycles. The molecule has 0 radical (unpaired) electrons. The van der Waals surface area contributed by atoms with Gasteiger partial charge >= 0.3 is 0 Å². The third kappa shape index (κ3) is 3.20. The van der Waals surface area contributed by atoms with Gasteiger partial charge in [-0.3, -0.25) is 4.90 Å². The summed E-state index contributed by atoms with van der Waals surface area (Å²) in [5, 5.41) is 3.92. The van der Waals surface area contributed by atoms with Crippen molar-refractivity contribution >= 4 is 0 Å². The molecule has 18 heavy (non-hydrogen) atoms. The fraction of sp³-hybridized carbons (Fsp3) is 0.538. The van der Waals surface area contributed by atoms with Crippen molar-refractivity contribution in [2.75, 3.05) is 13.1 Å². The number of rotatable bonds is 7. The van der Waals surface area contributed by atoms with Crippen molar-refractivity contribution in [3.05, 3.63) is 24.3 Å². The molecular weight excluding hydrogens is 230 g/mol. The van der Waals surface area contributed by atoms with Gasteiger partial charge < -0.3 is 8.94 Å². The van der Waals surface area contributed by atoms with Crippen LogP contribution in [0.2, 0.25) is 0 Å². The molecule has 0 unspecified atom stereocenters. The Morgan fingerprint density at radius 1 is 1.33 bits per heavy atom. The van der Waals surface area contributed by atoms with E-state index in [0.717, 1.165) is 13.1 Å². The van der Waals surface area contributed by atoms with E-state index in [4.69, 9.17) is 8.94 Å². The minimum atomic E-state index is 0.515. The zero-order valence-corrected chi connectivity index (χ0v) is 10.9. The predicted octanol–water partition coefficient (Wildman–Crippen LogP) is 2.95. The van der Waals surface area contributed by atoms with Crippen LogP contribution in [0, 0.1) is 0 Å². The fourth-order valence-electron chi connectivity index (χ4n) is 1.75. The first-order valence-electron chi connectivity index (χ1n) is 6.42. The van der Waals surface area contributed by atoms with E-state index < -0.39 is 0 Å². The Kier molecular flexibility index (Phi) is 4.52. The molecule has 0 amide bonds. The van der Waals surface area contributed by atoms with Crippen molar-refractivity contribution in [2.24, 2.45) is 0 Å². The van der Waals surface area contributed by atoms with Gasteiger partial charge in [-0.05, 0) is 31.6 Å². The van der Waals surface area contributed by atoms with Gasteiger partial charge in [-0.1, -0.05) is 25.4 Å². The summed E-state index contributed by atoms with van der Waals surface area (Å²) < 4.78 is 10.5. The highest BCUT2D eigenvalue weighted by Crippen LogP contribution is 2.16. The third-order valence-electron chi connectivity index (χ3n) is 2.84. The molecule has 0 bridgehead atoms. The van der Waals surface area contributed by atoms with E-state index in [2.05, 4.69) is 28.9 Å². The SMILES string of the molecule is CCCCN(CC)Cc1nc(-c2ccco2)no1. The fourth-order valence-corrected chi connectivity index (χ4v) is 1.75. The molecule has 0 fully saturated rings. The van der Waals surface area contributed by atoms with Gasteiger partial charge in [0.2, 0.25) is 11.7 Å². The van der Waals surface area contributed by atoms with Crippen LogP contribution in [-0.2, 0) is 6.54 Å². The molecule has 0 aliphatic rings. The summed E-state index contributed by atoms with van der Waals surface area (Å²) in [5.41, 5.74) is 0. The summed E-state index contributed by atoms with van der Waals surface area (Å²) in [4.78, 5) is 6.63. The molecule has 0 aliphatic carbocycles. The molecule has 2 aromatic rings. The van der Waals surface area contributed by atoms with Gasteiger partial charge in [-0.25, -0.2) is 0 Å². The molecule has 2 heterocycles. The second kappa shape index (κ2) is 6.35. The van der Waals surface area contributed by atoms with Gasteiger partial charge in [-0.2, -0.15) is 4.98 Å². The average molecular weight is 249 g/mol. The van der Waals surface area contributed by atoms with Crippen molar-refractivity contribution in [1.82, 2.24) is 15.0 Å². The van der Waals surface area contributed by atoms with Crippen LogP contribution in [0.5, 0.6) is 0 Å². The molecule has 0 saturated heterocycles. The summed E-state index contributed by atoms with van der Waals surface area (Å²) in [5.74, 6) is 1.79. The summed E-state index contributed by atoms with van der Waals surface area (Å²) in [6.45, 7) is 7.07. The van der Waals surface area contributed by atoms with Gasteiger partial charge in [0.1, 0.15) is 0 Å². The smallest absolute Gasteiger partial charge is 0.241 e. The minimum Gasteiger partial charge on any atom is -0.461 e. The first-order chi connectivity index (χ1) is 8.83. The Bertz CT molecular complexity index is 451. The number of nitrogens with zero attached hydrogens (tertiary/aromatic N) is 3. The number of aromatic nitrogens is 2. The maximum absolute atomic E-state index is 5.24. The van der Waals surface area contributed by atoms with Gasteiger partial charge in [-0.15, -0.1) is 0 Å². The topological polar surface area (TPSA) is 55.3 Å². The van der Waals surface area contributed by atoms with Crippen molar-refractivity contribution in [2.45, 2.75) is 33.2 Å². The second-order valence-electron chi connectivity index (χ2n) is 4.21. The van der Waals surface area contributed by atoms with E-state index in [1.54, 1.807) is 6.26 Å². The molecule has 98 valence electrons. The van der Waals surface area contributed by atoms with Gasteiger partial charge in [0.15, 0.2) is 5.76 Å². The molecular formula is C13H19N3O2. The average Bonchev–Trinajstić information content (AvgIpc) is 3.04. The van der Waals surface area contributed by atoms with E-state index in [-0.39, 0.29) is 0 Å². The summed E-state index contributed by atoms with van der Waals surface area (Å²) >= 11 is 0. The van der Waals surface area contributed by atoms with E-state index in [1.165, 1.54) is 12.8 Å². The monoisotopic (exact) mass is 249 g/mol. The van der Waals surface area contributed by atoms with E-state index in [0.29, 0.717) is 24.0 Å². The summed E-state index contributed by atoms with van der Waals surface area (Å²) in [7, 11) is 0. The van der Waals surface area contributed by atoms with Gasteiger partial charge in [0.05, 0.1) is 12.8 Å². The van der Waals surface area contributed by atoms with Crippen LogP contribution in [0.3, 0.4) is 0 Å². The molecule has 0 saturated carbocycles. The lowest BCUT2D eigenvalue weighted by molar-refractivity contribution is 0.233. The molecule has 0 spiro atoms. The maximum Gasteiger partial charge on any atom is 0.241 e. The first-order valence-corrected chi connectivity index (χ1v) is 6.42. The lowest BCUT2D eigenvalue weighted by Crippen LogP contribution is -2.24. The highest BCUT2D eigenvalue weighted by Gasteiger charge is 2.13. The van der Waals surface area contributed by atoms with Crippen LogP contribution in [-0.4, -0.2) is 28.1 Å². The standard InChI is InChI=1S/C13H19N3O2/c1-3-5-8-16(4-2)10-12-14-13(15-18-12)11-7-6-9-17-11/h6-7,9H,3-5,8,10H2,1-2H3. The first kappa shape index (κ1) is 12.8. The molecule has 0 atom stereocenters. The highest BCUT2D eigenvalue weighted by atomic mass is 16.5. The van der Waals surface area contributed by atoms with Gasteiger partial charge in [0.25, 0.3) is 0 Å². The van der Waals surface area contributed by atoms with Crippen molar-refractivity contribution in [1.29, 1.82) is 0 Å². The van der Waals surface area contributed by atoms with Crippen molar-refractivity contribution in [3.63, 3.8) is 0 Å². The quantitative estimate of drug-likeness (QED) is 0.755.